The SMILES string of the molecule is N[C@@H](CCC(=O)O)C(=O)OCCCCl. The lowest BCUT2D eigenvalue weighted by atomic mass is 10.2. The molecule has 14 heavy (non-hydrogen) atoms. The first-order chi connectivity index (χ1) is 6.57. The number of rotatable bonds is 7. The quantitative estimate of drug-likeness (QED) is 0.369. The van der Waals surface area contributed by atoms with Gasteiger partial charge in [-0.2, -0.15) is 0 Å². The molecule has 82 valence electrons. The van der Waals surface area contributed by atoms with Crippen LogP contribution in [-0.4, -0.2) is 35.6 Å². The highest BCUT2D eigenvalue weighted by atomic mass is 35.5. The molecule has 0 aromatic carbocycles. The average Bonchev–Trinajstić information content (AvgIpc) is 2.14. The standard InChI is InChI=1S/C8H14ClNO4/c9-4-1-5-14-8(13)6(10)2-3-7(11)12/h6H,1-5,10H2,(H,11,12)/t6-/m0/s1. The molecular weight excluding hydrogens is 210 g/mol. The lowest BCUT2D eigenvalue weighted by Crippen LogP contribution is -2.33. The zero-order chi connectivity index (χ0) is 11.0. The minimum atomic E-state index is -0.978. The fourth-order valence-electron chi connectivity index (χ4n) is 0.731. The third-order valence-corrected chi connectivity index (χ3v) is 1.76. The Kier molecular flexibility index (Phi) is 7.14. The van der Waals surface area contributed by atoms with Gasteiger partial charge < -0.3 is 15.6 Å². The highest BCUT2D eigenvalue weighted by Gasteiger charge is 2.15. The van der Waals surface area contributed by atoms with Gasteiger partial charge in [0.1, 0.15) is 6.04 Å². The van der Waals surface area contributed by atoms with Crippen molar-refractivity contribution in [1.82, 2.24) is 0 Å². The molecule has 3 N–H and O–H groups in total. The molecule has 0 spiro atoms. The van der Waals surface area contributed by atoms with Crippen LogP contribution in [0.25, 0.3) is 0 Å². The van der Waals surface area contributed by atoms with E-state index in [0.29, 0.717) is 12.3 Å². The molecule has 5 nitrogen and oxygen atoms in total. The fourth-order valence-corrected chi connectivity index (χ4v) is 0.840. The van der Waals surface area contributed by atoms with E-state index in [2.05, 4.69) is 0 Å². The summed E-state index contributed by atoms with van der Waals surface area (Å²) in [6.45, 7) is 0.225. The van der Waals surface area contributed by atoms with Crippen LogP contribution >= 0.6 is 11.6 Å². The number of esters is 1. The van der Waals surface area contributed by atoms with Gasteiger partial charge >= 0.3 is 11.9 Å². The van der Waals surface area contributed by atoms with E-state index < -0.39 is 18.0 Å². The molecule has 0 aliphatic carbocycles. The summed E-state index contributed by atoms with van der Waals surface area (Å²) in [7, 11) is 0. The van der Waals surface area contributed by atoms with Crippen LogP contribution < -0.4 is 5.73 Å². The van der Waals surface area contributed by atoms with Crippen molar-refractivity contribution in [3.8, 4) is 0 Å². The molecule has 0 saturated carbocycles. The maximum Gasteiger partial charge on any atom is 0.322 e. The smallest absolute Gasteiger partial charge is 0.322 e. The number of hydrogen-bond donors (Lipinski definition) is 2. The van der Waals surface area contributed by atoms with Crippen LogP contribution in [0.3, 0.4) is 0 Å². The second-order valence-electron chi connectivity index (χ2n) is 2.75. The molecule has 0 unspecified atom stereocenters. The highest BCUT2D eigenvalue weighted by Crippen LogP contribution is 1.98. The van der Waals surface area contributed by atoms with E-state index in [-0.39, 0.29) is 19.4 Å². The second-order valence-corrected chi connectivity index (χ2v) is 3.13. The minimum absolute atomic E-state index is 0.0923. The largest absolute Gasteiger partial charge is 0.481 e. The number of nitrogens with two attached hydrogens (primary N) is 1. The molecular formula is C8H14ClNO4. The monoisotopic (exact) mass is 223 g/mol. The van der Waals surface area contributed by atoms with Crippen molar-refractivity contribution in [2.45, 2.75) is 25.3 Å². The van der Waals surface area contributed by atoms with Crippen molar-refractivity contribution < 1.29 is 19.4 Å². The Labute approximate surface area is 87.2 Å². The molecule has 0 bridgehead atoms. The van der Waals surface area contributed by atoms with Crippen molar-refractivity contribution >= 4 is 23.5 Å². The average molecular weight is 224 g/mol. The van der Waals surface area contributed by atoms with Gasteiger partial charge in [0.25, 0.3) is 0 Å². The molecule has 0 heterocycles. The zero-order valence-corrected chi connectivity index (χ0v) is 8.50. The fraction of sp³-hybridized carbons (Fsp3) is 0.750. The van der Waals surface area contributed by atoms with Gasteiger partial charge in [0, 0.05) is 12.3 Å². The maximum absolute atomic E-state index is 11.0. The van der Waals surface area contributed by atoms with Crippen molar-refractivity contribution in [3.63, 3.8) is 0 Å². The number of halogens is 1. The predicted molar refractivity (Wildman–Crippen MR) is 51.1 cm³/mol. The third-order valence-electron chi connectivity index (χ3n) is 1.49. The van der Waals surface area contributed by atoms with E-state index in [4.69, 9.17) is 27.2 Å². The Bertz CT molecular complexity index is 198. The molecule has 0 aliphatic rings. The Morgan fingerprint density at radius 3 is 2.64 bits per heavy atom. The molecule has 6 heteroatoms. The Morgan fingerprint density at radius 1 is 1.50 bits per heavy atom. The summed E-state index contributed by atoms with van der Waals surface area (Å²) in [6, 6.07) is -0.860. The Balaban J connectivity index is 3.59. The first-order valence-corrected chi connectivity index (χ1v) is 4.81. The molecule has 0 aromatic rings. The highest BCUT2D eigenvalue weighted by molar-refractivity contribution is 6.17. The minimum Gasteiger partial charge on any atom is -0.481 e. The summed E-state index contributed by atoms with van der Waals surface area (Å²) in [4.78, 5) is 21.2. The topological polar surface area (TPSA) is 89.6 Å². The van der Waals surface area contributed by atoms with Gasteiger partial charge in [-0.15, -0.1) is 11.6 Å². The van der Waals surface area contributed by atoms with Crippen LogP contribution in [0.2, 0.25) is 0 Å². The number of aliphatic carboxylic acids is 1. The number of ether oxygens (including phenoxy) is 1. The third kappa shape index (κ3) is 6.68. The molecule has 0 saturated heterocycles. The van der Waals surface area contributed by atoms with E-state index >= 15 is 0 Å². The van der Waals surface area contributed by atoms with Crippen LogP contribution in [0.15, 0.2) is 0 Å². The Hall–Kier alpha value is -0.810. The first kappa shape index (κ1) is 13.2. The van der Waals surface area contributed by atoms with Gasteiger partial charge in [0.05, 0.1) is 6.61 Å². The summed E-state index contributed by atoms with van der Waals surface area (Å²) in [6.07, 6.45) is 0.528. The lowest BCUT2D eigenvalue weighted by molar-refractivity contribution is -0.145. The number of carboxylic acids is 1. The van der Waals surface area contributed by atoms with Crippen molar-refractivity contribution in [1.29, 1.82) is 0 Å². The van der Waals surface area contributed by atoms with Crippen molar-refractivity contribution in [3.05, 3.63) is 0 Å². The summed E-state index contributed by atoms with van der Waals surface area (Å²) >= 11 is 5.37. The molecule has 0 rings (SSSR count). The van der Waals surface area contributed by atoms with Crippen LogP contribution in [0, 0.1) is 0 Å². The number of carbonyl (C=O) groups is 2. The molecule has 0 amide bonds. The number of carboxylic acid groups (broad SMARTS) is 1. The van der Waals surface area contributed by atoms with Gasteiger partial charge in [0.15, 0.2) is 0 Å². The molecule has 0 aliphatic heterocycles. The van der Waals surface area contributed by atoms with E-state index in [1.165, 1.54) is 0 Å². The summed E-state index contributed by atoms with van der Waals surface area (Å²) in [5.74, 6) is -1.14. The number of hydrogen-bond acceptors (Lipinski definition) is 4. The predicted octanol–water partition coefficient (Wildman–Crippen LogP) is 0.351. The van der Waals surface area contributed by atoms with Gasteiger partial charge in [-0.1, -0.05) is 0 Å². The van der Waals surface area contributed by atoms with Crippen LogP contribution in [-0.2, 0) is 14.3 Å². The summed E-state index contributed by atoms with van der Waals surface area (Å²) in [5.41, 5.74) is 5.38. The summed E-state index contributed by atoms with van der Waals surface area (Å²) in [5, 5.41) is 8.33. The molecule has 0 fully saturated rings. The lowest BCUT2D eigenvalue weighted by Gasteiger charge is -2.09. The van der Waals surface area contributed by atoms with Gasteiger partial charge in [0.2, 0.25) is 0 Å². The van der Waals surface area contributed by atoms with E-state index in [9.17, 15) is 9.59 Å². The Morgan fingerprint density at radius 2 is 2.14 bits per heavy atom. The van der Waals surface area contributed by atoms with E-state index in [1.54, 1.807) is 0 Å². The van der Waals surface area contributed by atoms with Crippen molar-refractivity contribution in [2.24, 2.45) is 5.73 Å². The number of alkyl halides is 1. The maximum atomic E-state index is 11.0. The van der Waals surface area contributed by atoms with E-state index in [1.807, 2.05) is 0 Å². The van der Waals surface area contributed by atoms with Crippen LogP contribution in [0.4, 0.5) is 0 Å². The molecule has 0 radical (unpaired) electrons. The van der Waals surface area contributed by atoms with Crippen LogP contribution in [0.5, 0.6) is 0 Å². The molecule has 0 aromatic heterocycles. The molecule has 1 atom stereocenters. The first-order valence-electron chi connectivity index (χ1n) is 4.28. The zero-order valence-electron chi connectivity index (χ0n) is 7.74. The van der Waals surface area contributed by atoms with Gasteiger partial charge in [-0.05, 0) is 12.8 Å². The van der Waals surface area contributed by atoms with Crippen LogP contribution in [0.1, 0.15) is 19.3 Å². The second kappa shape index (κ2) is 7.58. The van der Waals surface area contributed by atoms with Crippen molar-refractivity contribution in [2.75, 3.05) is 12.5 Å². The van der Waals surface area contributed by atoms with Gasteiger partial charge in [-0.25, -0.2) is 0 Å². The normalized spacial score (nSPS) is 12.1. The van der Waals surface area contributed by atoms with Gasteiger partial charge in [-0.3, -0.25) is 9.59 Å². The number of carbonyl (C=O) groups excluding carboxylic acids is 1. The summed E-state index contributed by atoms with van der Waals surface area (Å²) < 4.78 is 4.74. The van der Waals surface area contributed by atoms with E-state index in [0.717, 1.165) is 0 Å².